The molecule has 0 radical (unpaired) electrons. The zero-order valence-corrected chi connectivity index (χ0v) is 7.55. The summed E-state index contributed by atoms with van der Waals surface area (Å²) in [6.45, 7) is 0. The van der Waals surface area contributed by atoms with E-state index in [-0.39, 0.29) is 5.56 Å². The van der Waals surface area contributed by atoms with Crippen LogP contribution in [0.2, 0.25) is 0 Å². The normalized spacial score (nSPS) is 10.3. The Morgan fingerprint density at radius 2 is 1.60 bits per heavy atom. The van der Waals surface area contributed by atoms with Gasteiger partial charge in [-0.05, 0) is 23.8 Å². The fourth-order valence-electron chi connectivity index (χ4n) is 1.30. The van der Waals surface area contributed by atoms with Gasteiger partial charge in [-0.2, -0.15) is 0 Å². The second kappa shape index (κ2) is 3.73. The van der Waals surface area contributed by atoms with Crippen molar-refractivity contribution < 1.29 is 13.2 Å². The molecule has 0 saturated carbocycles. The summed E-state index contributed by atoms with van der Waals surface area (Å²) in [6.07, 6.45) is 2.86. The minimum absolute atomic E-state index is 0.102. The Balaban J connectivity index is 2.63. The average Bonchev–Trinajstić information content (AvgIpc) is 2.24. The van der Waals surface area contributed by atoms with Gasteiger partial charge in [0.15, 0.2) is 11.6 Å². The monoisotopic (exact) mass is 209 g/mol. The van der Waals surface area contributed by atoms with Crippen LogP contribution >= 0.6 is 0 Å². The minimum atomic E-state index is -1.19. The van der Waals surface area contributed by atoms with Gasteiger partial charge in [-0.25, -0.2) is 13.2 Å². The standard InChI is InChI=1S/C11H6F3N/c12-8-5-9(11(14)10(13)6-8)7-1-3-15-4-2-7/h1-6H. The summed E-state index contributed by atoms with van der Waals surface area (Å²) >= 11 is 0. The molecule has 1 aromatic carbocycles. The predicted molar refractivity (Wildman–Crippen MR) is 49.5 cm³/mol. The van der Waals surface area contributed by atoms with Crippen molar-refractivity contribution in [1.82, 2.24) is 4.98 Å². The molecular formula is C11H6F3N. The van der Waals surface area contributed by atoms with Crippen molar-refractivity contribution >= 4 is 0 Å². The molecule has 0 saturated heterocycles. The van der Waals surface area contributed by atoms with Crippen LogP contribution < -0.4 is 0 Å². The van der Waals surface area contributed by atoms with Crippen LogP contribution in [0.4, 0.5) is 13.2 Å². The van der Waals surface area contributed by atoms with E-state index in [0.717, 1.165) is 6.07 Å². The van der Waals surface area contributed by atoms with Gasteiger partial charge in [0.2, 0.25) is 0 Å². The van der Waals surface area contributed by atoms with Crippen LogP contribution in [-0.2, 0) is 0 Å². The Hall–Kier alpha value is -1.84. The summed E-state index contributed by atoms with van der Waals surface area (Å²) in [6, 6.07) is 4.43. The van der Waals surface area contributed by atoms with Crippen molar-refractivity contribution in [3.63, 3.8) is 0 Å². The first-order valence-corrected chi connectivity index (χ1v) is 4.23. The average molecular weight is 209 g/mol. The number of benzene rings is 1. The molecule has 1 aromatic heterocycles. The number of rotatable bonds is 1. The zero-order valence-electron chi connectivity index (χ0n) is 7.55. The van der Waals surface area contributed by atoms with E-state index in [1.54, 1.807) is 0 Å². The van der Waals surface area contributed by atoms with Gasteiger partial charge in [0.05, 0.1) is 0 Å². The summed E-state index contributed by atoms with van der Waals surface area (Å²) in [5.41, 5.74) is 0.288. The molecule has 0 aliphatic carbocycles. The van der Waals surface area contributed by atoms with E-state index < -0.39 is 17.5 Å². The summed E-state index contributed by atoms with van der Waals surface area (Å²) in [5.74, 6) is -3.05. The summed E-state index contributed by atoms with van der Waals surface area (Å²) in [4.78, 5) is 3.74. The van der Waals surface area contributed by atoms with Crippen LogP contribution in [-0.4, -0.2) is 4.98 Å². The fraction of sp³-hybridized carbons (Fsp3) is 0. The topological polar surface area (TPSA) is 12.9 Å². The van der Waals surface area contributed by atoms with E-state index >= 15 is 0 Å². The molecule has 0 N–H and O–H groups in total. The van der Waals surface area contributed by atoms with Crippen LogP contribution in [0.25, 0.3) is 11.1 Å². The summed E-state index contributed by atoms with van der Waals surface area (Å²) < 4.78 is 39.1. The summed E-state index contributed by atoms with van der Waals surface area (Å²) in [7, 11) is 0. The highest BCUT2D eigenvalue weighted by molar-refractivity contribution is 5.63. The molecule has 0 amide bonds. The molecule has 0 spiro atoms. The third kappa shape index (κ3) is 1.83. The maximum Gasteiger partial charge on any atom is 0.166 e. The number of hydrogen-bond donors (Lipinski definition) is 0. The highest BCUT2D eigenvalue weighted by Crippen LogP contribution is 2.24. The third-order valence-electron chi connectivity index (χ3n) is 1.98. The molecule has 76 valence electrons. The Morgan fingerprint density at radius 1 is 0.933 bits per heavy atom. The lowest BCUT2D eigenvalue weighted by Crippen LogP contribution is -1.92. The van der Waals surface area contributed by atoms with Crippen molar-refractivity contribution in [1.29, 1.82) is 0 Å². The lowest BCUT2D eigenvalue weighted by Gasteiger charge is -2.03. The molecule has 15 heavy (non-hydrogen) atoms. The Morgan fingerprint density at radius 3 is 2.27 bits per heavy atom. The van der Waals surface area contributed by atoms with Crippen molar-refractivity contribution in [2.75, 3.05) is 0 Å². The lowest BCUT2D eigenvalue weighted by atomic mass is 10.1. The molecule has 0 aliphatic heterocycles. The van der Waals surface area contributed by atoms with Crippen molar-refractivity contribution in [3.8, 4) is 11.1 Å². The quantitative estimate of drug-likeness (QED) is 0.657. The predicted octanol–water partition coefficient (Wildman–Crippen LogP) is 3.17. The van der Waals surface area contributed by atoms with Gasteiger partial charge >= 0.3 is 0 Å². The first-order valence-electron chi connectivity index (χ1n) is 4.23. The van der Waals surface area contributed by atoms with E-state index in [9.17, 15) is 13.2 Å². The number of hydrogen-bond acceptors (Lipinski definition) is 1. The first-order chi connectivity index (χ1) is 7.18. The van der Waals surface area contributed by atoms with Gasteiger partial charge in [0.1, 0.15) is 5.82 Å². The second-order valence-electron chi connectivity index (χ2n) is 2.99. The van der Waals surface area contributed by atoms with Gasteiger partial charge in [0, 0.05) is 24.0 Å². The van der Waals surface area contributed by atoms with Crippen LogP contribution in [0.3, 0.4) is 0 Å². The SMILES string of the molecule is Fc1cc(F)c(F)c(-c2ccncc2)c1. The molecular weight excluding hydrogens is 203 g/mol. The van der Waals surface area contributed by atoms with Crippen LogP contribution in [0.15, 0.2) is 36.7 Å². The molecule has 1 nitrogen and oxygen atoms in total. The second-order valence-corrected chi connectivity index (χ2v) is 2.99. The molecule has 1 heterocycles. The Labute approximate surface area is 84.2 Å². The molecule has 0 fully saturated rings. The molecule has 4 heteroatoms. The van der Waals surface area contributed by atoms with Gasteiger partial charge < -0.3 is 0 Å². The maximum atomic E-state index is 13.3. The highest BCUT2D eigenvalue weighted by atomic mass is 19.2. The number of nitrogens with zero attached hydrogens (tertiary/aromatic N) is 1. The van der Waals surface area contributed by atoms with Crippen molar-refractivity contribution in [2.45, 2.75) is 0 Å². The molecule has 0 unspecified atom stereocenters. The van der Waals surface area contributed by atoms with Crippen LogP contribution in [0.1, 0.15) is 0 Å². The molecule has 2 rings (SSSR count). The smallest absolute Gasteiger partial charge is 0.166 e. The van der Waals surface area contributed by atoms with Crippen LogP contribution in [0.5, 0.6) is 0 Å². The van der Waals surface area contributed by atoms with E-state index in [2.05, 4.69) is 4.98 Å². The van der Waals surface area contributed by atoms with Gasteiger partial charge in [-0.1, -0.05) is 0 Å². The molecule has 2 aromatic rings. The molecule has 0 aliphatic rings. The van der Waals surface area contributed by atoms with Gasteiger partial charge in [-0.3, -0.25) is 4.98 Å². The largest absolute Gasteiger partial charge is 0.265 e. The lowest BCUT2D eigenvalue weighted by molar-refractivity contribution is 0.497. The molecule has 0 atom stereocenters. The number of pyridine rings is 1. The highest BCUT2D eigenvalue weighted by Gasteiger charge is 2.12. The first kappa shape index (κ1) is 9.71. The Kier molecular flexibility index (Phi) is 2.41. The van der Waals surface area contributed by atoms with E-state index in [1.807, 2.05) is 0 Å². The van der Waals surface area contributed by atoms with Crippen molar-refractivity contribution in [2.24, 2.45) is 0 Å². The van der Waals surface area contributed by atoms with E-state index in [4.69, 9.17) is 0 Å². The third-order valence-corrected chi connectivity index (χ3v) is 1.98. The van der Waals surface area contributed by atoms with Crippen molar-refractivity contribution in [3.05, 3.63) is 54.1 Å². The minimum Gasteiger partial charge on any atom is -0.265 e. The number of halogens is 3. The van der Waals surface area contributed by atoms with Crippen LogP contribution in [0, 0.1) is 17.5 Å². The van der Waals surface area contributed by atoms with E-state index in [0.29, 0.717) is 11.6 Å². The maximum absolute atomic E-state index is 13.3. The Bertz CT molecular complexity index is 483. The number of aromatic nitrogens is 1. The van der Waals surface area contributed by atoms with Gasteiger partial charge in [-0.15, -0.1) is 0 Å². The fourth-order valence-corrected chi connectivity index (χ4v) is 1.30. The van der Waals surface area contributed by atoms with E-state index in [1.165, 1.54) is 24.5 Å². The molecule has 0 bridgehead atoms. The zero-order chi connectivity index (χ0) is 10.8. The summed E-state index contributed by atoms with van der Waals surface area (Å²) in [5, 5.41) is 0. The van der Waals surface area contributed by atoms with Gasteiger partial charge in [0.25, 0.3) is 0 Å².